The molecule has 23 heavy (non-hydrogen) atoms. The zero-order valence-electron chi connectivity index (χ0n) is 12.8. The first-order valence-electron chi connectivity index (χ1n) is 7.60. The minimum Gasteiger partial charge on any atom is -0.352 e. The van der Waals surface area contributed by atoms with Crippen molar-refractivity contribution < 1.29 is 9.18 Å². The molecule has 0 unspecified atom stereocenters. The largest absolute Gasteiger partial charge is 0.352 e. The molecule has 0 atom stereocenters. The molecule has 1 amide bonds. The predicted molar refractivity (Wildman–Crippen MR) is 90.9 cm³/mol. The topological polar surface area (TPSA) is 41.1 Å². The van der Waals surface area contributed by atoms with E-state index in [4.69, 9.17) is 11.6 Å². The molecule has 0 aliphatic carbocycles. The maximum atomic E-state index is 13.4. The van der Waals surface area contributed by atoms with Gasteiger partial charge in [0.05, 0.1) is 0 Å². The molecular weight excluding hydrogens is 315 g/mol. The fourth-order valence-electron chi connectivity index (χ4n) is 2.14. The molecule has 2 N–H and O–H groups in total. The molecule has 3 nitrogen and oxygen atoms in total. The van der Waals surface area contributed by atoms with Crippen LogP contribution in [0.5, 0.6) is 0 Å². The summed E-state index contributed by atoms with van der Waals surface area (Å²) >= 11 is 5.81. The summed E-state index contributed by atoms with van der Waals surface area (Å²) < 4.78 is 13.4. The molecule has 0 saturated heterocycles. The normalized spacial score (nSPS) is 10.5. The van der Waals surface area contributed by atoms with Gasteiger partial charge in [-0.3, -0.25) is 4.79 Å². The van der Waals surface area contributed by atoms with Gasteiger partial charge in [-0.25, -0.2) is 4.39 Å². The summed E-state index contributed by atoms with van der Waals surface area (Å²) in [7, 11) is 0. The first-order chi connectivity index (χ1) is 11.1. The van der Waals surface area contributed by atoms with Crippen LogP contribution in [0.25, 0.3) is 0 Å². The summed E-state index contributed by atoms with van der Waals surface area (Å²) in [6, 6.07) is 14.1. The van der Waals surface area contributed by atoms with E-state index in [9.17, 15) is 9.18 Å². The van der Waals surface area contributed by atoms with Gasteiger partial charge in [0.25, 0.3) is 0 Å². The first kappa shape index (κ1) is 17.4. The van der Waals surface area contributed by atoms with Crippen LogP contribution in [0.4, 0.5) is 4.39 Å². The van der Waals surface area contributed by atoms with Crippen molar-refractivity contribution in [3.05, 3.63) is 70.5 Å². The van der Waals surface area contributed by atoms with Gasteiger partial charge in [0.1, 0.15) is 5.82 Å². The van der Waals surface area contributed by atoms with E-state index in [-0.39, 0.29) is 11.7 Å². The van der Waals surface area contributed by atoms with Crippen molar-refractivity contribution in [2.75, 3.05) is 13.1 Å². The van der Waals surface area contributed by atoms with E-state index in [2.05, 4.69) is 10.6 Å². The highest BCUT2D eigenvalue weighted by molar-refractivity contribution is 6.30. The zero-order chi connectivity index (χ0) is 16.5. The summed E-state index contributed by atoms with van der Waals surface area (Å²) in [5.41, 5.74) is 1.70. The molecule has 5 heteroatoms. The van der Waals surface area contributed by atoms with Crippen LogP contribution in [0.3, 0.4) is 0 Å². The highest BCUT2D eigenvalue weighted by Crippen LogP contribution is 2.09. The maximum Gasteiger partial charge on any atom is 0.221 e. The number of rotatable bonds is 8. The number of amides is 1. The van der Waals surface area contributed by atoms with E-state index < -0.39 is 0 Å². The third-order valence-corrected chi connectivity index (χ3v) is 3.71. The van der Waals surface area contributed by atoms with E-state index in [0.29, 0.717) is 43.1 Å². The van der Waals surface area contributed by atoms with Crippen LogP contribution < -0.4 is 10.6 Å². The summed E-state index contributed by atoms with van der Waals surface area (Å²) in [6.07, 6.45) is 1.00. The van der Waals surface area contributed by atoms with E-state index in [1.165, 1.54) is 6.07 Å². The van der Waals surface area contributed by atoms with Crippen LogP contribution in [-0.4, -0.2) is 19.0 Å². The molecule has 0 spiro atoms. The average molecular weight is 335 g/mol. The van der Waals surface area contributed by atoms with Gasteiger partial charge < -0.3 is 10.6 Å². The molecule has 0 bridgehead atoms. The minimum absolute atomic E-state index is 0.0154. The monoisotopic (exact) mass is 334 g/mol. The van der Waals surface area contributed by atoms with Gasteiger partial charge in [-0.05, 0) is 42.3 Å². The second kappa shape index (κ2) is 9.28. The van der Waals surface area contributed by atoms with Crippen molar-refractivity contribution >= 4 is 17.5 Å². The molecule has 2 aromatic rings. The highest BCUT2D eigenvalue weighted by atomic mass is 35.5. The third kappa shape index (κ3) is 6.38. The number of hydrogen-bond donors (Lipinski definition) is 2. The highest BCUT2D eigenvalue weighted by Gasteiger charge is 2.02. The molecule has 0 aliphatic heterocycles. The van der Waals surface area contributed by atoms with E-state index in [0.717, 1.165) is 5.56 Å². The fraction of sp³-hybridized carbons (Fsp3) is 0.278. The molecule has 0 aliphatic rings. The SMILES string of the molecule is O=C(CCNCCc1ccccc1F)NCc1ccc(Cl)cc1. The van der Waals surface area contributed by atoms with Crippen molar-refractivity contribution in [3.63, 3.8) is 0 Å². The Morgan fingerprint density at radius 1 is 1.04 bits per heavy atom. The average Bonchev–Trinajstić information content (AvgIpc) is 2.55. The fourth-order valence-corrected chi connectivity index (χ4v) is 2.27. The van der Waals surface area contributed by atoms with Crippen molar-refractivity contribution in [1.82, 2.24) is 10.6 Å². The van der Waals surface area contributed by atoms with Crippen molar-refractivity contribution in [2.45, 2.75) is 19.4 Å². The van der Waals surface area contributed by atoms with Crippen LogP contribution in [0.2, 0.25) is 5.02 Å². The summed E-state index contributed by atoms with van der Waals surface area (Å²) in [4.78, 5) is 11.7. The number of benzene rings is 2. The third-order valence-electron chi connectivity index (χ3n) is 3.46. The van der Waals surface area contributed by atoms with Crippen molar-refractivity contribution in [2.24, 2.45) is 0 Å². The van der Waals surface area contributed by atoms with E-state index in [1.54, 1.807) is 24.3 Å². The minimum atomic E-state index is -0.185. The lowest BCUT2D eigenvalue weighted by Gasteiger charge is -2.07. The lowest BCUT2D eigenvalue weighted by Crippen LogP contribution is -2.28. The summed E-state index contributed by atoms with van der Waals surface area (Å²) in [6.45, 7) is 1.71. The van der Waals surface area contributed by atoms with Gasteiger partial charge in [-0.2, -0.15) is 0 Å². The van der Waals surface area contributed by atoms with Gasteiger partial charge in [0, 0.05) is 24.5 Å². The number of halogens is 2. The quantitative estimate of drug-likeness (QED) is 0.727. The molecule has 0 fully saturated rings. The Morgan fingerprint density at radius 2 is 1.78 bits per heavy atom. The summed E-state index contributed by atoms with van der Waals surface area (Å²) in [5, 5.41) is 6.69. The molecule has 0 radical (unpaired) electrons. The Labute approximate surface area is 140 Å². The maximum absolute atomic E-state index is 13.4. The Balaban J connectivity index is 1.58. The standard InChI is InChI=1S/C18H20ClFN2O/c19-16-7-5-14(6-8-16)13-22-18(23)10-12-21-11-9-15-3-1-2-4-17(15)20/h1-8,21H,9-13H2,(H,22,23). The van der Waals surface area contributed by atoms with Gasteiger partial charge in [0.15, 0.2) is 0 Å². The Kier molecular flexibility index (Phi) is 7.04. The zero-order valence-corrected chi connectivity index (χ0v) is 13.6. The molecular formula is C18H20ClFN2O. The number of hydrogen-bond acceptors (Lipinski definition) is 2. The van der Waals surface area contributed by atoms with Crippen LogP contribution in [0.15, 0.2) is 48.5 Å². The van der Waals surface area contributed by atoms with Gasteiger partial charge >= 0.3 is 0 Å². The van der Waals surface area contributed by atoms with Crippen LogP contribution in [0.1, 0.15) is 17.5 Å². The van der Waals surface area contributed by atoms with Gasteiger partial charge in [-0.1, -0.05) is 41.9 Å². The first-order valence-corrected chi connectivity index (χ1v) is 7.98. The smallest absolute Gasteiger partial charge is 0.221 e. The number of carbonyl (C=O) groups is 1. The van der Waals surface area contributed by atoms with Gasteiger partial charge in [-0.15, -0.1) is 0 Å². The van der Waals surface area contributed by atoms with Crippen molar-refractivity contribution in [1.29, 1.82) is 0 Å². The second-order valence-electron chi connectivity index (χ2n) is 5.24. The Hall–Kier alpha value is -1.91. The lowest BCUT2D eigenvalue weighted by molar-refractivity contribution is -0.121. The molecule has 122 valence electrons. The van der Waals surface area contributed by atoms with Crippen molar-refractivity contribution in [3.8, 4) is 0 Å². The molecule has 2 aromatic carbocycles. The Bertz CT molecular complexity index is 631. The Morgan fingerprint density at radius 3 is 2.52 bits per heavy atom. The van der Waals surface area contributed by atoms with Crippen LogP contribution in [0, 0.1) is 5.82 Å². The molecule has 0 saturated carbocycles. The number of nitrogens with one attached hydrogen (secondary N) is 2. The number of carbonyl (C=O) groups excluding carboxylic acids is 1. The van der Waals surface area contributed by atoms with Crippen LogP contribution in [-0.2, 0) is 17.8 Å². The molecule has 0 heterocycles. The second-order valence-corrected chi connectivity index (χ2v) is 5.68. The molecule has 0 aromatic heterocycles. The van der Waals surface area contributed by atoms with E-state index in [1.807, 2.05) is 18.2 Å². The lowest BCUT2D eigenvalue weighted by atomic mass is 10.1. The predicted octanol–water partition coefficient (Wildman–Crippen LogP) is 3.32. The molecule has 2 rings (SSSR count). The summed E-state index contributed by atoms with van der Waals surface area (Å²) in [5.74, 6) is -0.201. The van der Waals surface area contributed by atoms with Crippen LogP contribution >= 0.6 is 11.6 Å². The van der Waals surface area contributed by atoms with Gasteiger partial charge in [0.2, 0.25) is 5.91 Å². The van der Waals surface area contributed by atoms with E-state index >= 15 is 0 Å².